The molecule has 16 heteroatoms. The van der Waals surface area contributed by atoms with Gasteiger partial charge in [0.25, 0.3) is 0 Å². The minimum Gasteiger partial charge on any atom is -0.476 e. The van der Waals surface area contributed by atoms with Gasteiger partial charge >= 0.3 is 11.9 Å². The van der Waals surface area contributed by atoms with Gasteiger partial charge in [-0.15, -0.1) is 0 Å². The van der Waals surface area contributed by atoms with Crippen molar-refractivity contribution in [2.45, 2.75) is 39.0 Å². The van der Waals surface area contributed by atoms with Gasteiger partial charge in [-0.3, -0.25) is 9.59 Å². The molecule has 0 saturated heterocycles. The topological polar surface area (TPSA) is 182 Å². The molecule has 0 aliphatic rings. The molecule has 0 unspecified atom stereocenters. The summed E-state index contributed by atoms with van der Waals surface area (Å²) in [6, 6.07) is 0. The largest absolute Gasteiger partial charge is 0.476 e. The van der Waals surface area contributed by atoms with Gasteiger partial charge in [-0.05, 0) is 6.42 Å². The highest BCUT2D eigenvalue weighted by Gasteiger charge is 2.14. The van der Waals surface area contributed by atoms with Crippen LogP contribution in [0.3, 0.4) is 0 Å². The number of hydrogen-bond donors (Lipinski definition) is 1. The van der Waals surface area contributed by atoms with Crippen LogP contribution in [0, 0.1) is 0 Å². The van der Waals surface area contributed by atoms with Crippen molar-refractivity contribution < 1.29 is 76.3 Å². The number of carbonyl (C=O) groups excluding carboxylic acids is 2. The molecule has 0 aromatic heterocycles. The van der Waals surface area contributed by atoms with Gasteiger partial charge in [0, 0.05) is 13.0 Å². The van der Waals surface area contributed by atoms with Gasteiger partial charge in [-0.1, -0.05) is 19.8 Å². The van der Waals surface area contributed by atoms with Gasteiger partial charge in [0.15, 0.2) is 0 Å². The number of carboxylic acids is 1. The lowest BCUT2D eigenvalue weighted by Crippen LogP contribution is -2.17. The lowest BCUT2D eigenvalue weighted by atomic mass is 10.2. The molecule has 0 rings (SSSR count). The first-order valence-corrected chi connectivity index (χ1v) is 16.8. The van der Waals surface area contributed by atoms with Crippen molar-refractivity contribution in [3.05, 3.63) is 0 Å². The monoisotopic (exact) mass is 700 g/mol. The zero-order valence-corrected chi connectivity index (χ0v) is 28.9. The minimum atomic E-state index is -1.56. The summed E-state index contributed by atoms with van der Waals surface area (Å²) < 4.78 is 64.5. The number of carbonyl (C=O) groups is 3. The Morgan fingerprint density at radius 2 is 0.646 bits per heavy atom. The summed E-state index contributed by atoms with van der Waals surface area (Å²) >= 11 is 0. The SMILES string of the molecule is CCCCCOCCOCCOCCOCCOCCOCCOCCOCCOCCOCCOCCOC(=O)CCC(=O)C(=O)O. The van der Waals surface area contributed by atoms with E-state index in [1.54, 1.807) is 0 Å². The molecule has 0 aromatic rings. The Balaban J connectivity index is 3.11. The number of ether oxygens (including phenoxy) is 12. The summed E-state index contributed by atoms with van der Waals surface area (Å²) in [4.78, 5) is 32.6. The lowest BCUT2D eigenvalue weighted by molar-refractivity contribution is -0.151. The molecule has 0 spiro atoms. The molecule has 0 aliphatic heterocycles. The van der Waals surface area contributed by atoms with Gasteiger partial charge in [0.1, 0.15) is 6.61 Å². The van der Waals surface area contributed by atoms with E-state index in [0.717, 1.165) is 13.0 Å². The third kappa shape index (κ3) is 38.6. The molecule has 0 fully saturated rings. The van der Waals surface area contributed by atoms with Crippen LogP contribution in [0.15, 0.2) is 0 Å². The Hall–Kier alpha value is -1.83. The van der Waals surface area contributed by atoms with E-state index in [2.05, 4.69) is 6.92 Å². The molecule has 1 N–H and O–H groups in total. The quantitative estimate of drug-likeness (QED) is 0.0547. The molecule has 0 atom stereocenters. The second-order valence-corrected chi connectivity index (χ2v) is 9.89. The van der Waals surface area contributed by atoms with E-state index in [0.29, 0.717) is 132 Å². The van der Waals surface area contributed by atoms with Gasteiger partial charge in [0.05, 0.1) is 145 Å². The predicted molar refractivity (Wildman–Crippen MR) is 171 cm³/mol. The third-order valence-corrected chi connectivity index (χ3v) is 5.90. The first-order valence-electron chi connectivity index (χ1n) is 16.8. The molecule has 0 aliphatic carbocycles. The highest BCUT2D eigenvalue weighted by Crippen LogP contribution is 1.96. The van der Waals surface area contributed by atoms with Crippen LogP contribution in [0.4, 0.5) is 0 Å². The van der Waals surface area contributed by atoms with Crippen LogP contribution < -0.4 is 0 Å². The van der Waals surface area contributed by atoms with Crippen LogP contribution in [0.2, 0.25) is 0 Å². The van der Waals surface area contributed by atoms with E-state index in [-0.39, 0.29) is 26.1 Å². The summed E-state index contributed by atoms with van der Waals surface area (Å²) in [7, 11) is 0. The number of hydrogen-bond acceptors (Lipinski definition) is 15. The fourth-order valence-corrected chi connectivity index (χ4v) is 3.36. The molecule has 0 radical (unpaired) electrons. The van der Waals surface area contributed by atoms with Gasteiger partial charge in [-0.2, -0.15) is 0 Å². The van der Waals surface area contributed by atoms with E-state index < -0.39 is 17.7 Å². The van der Waals surface area contributed by atoms with Gasteiger partial charge < -0.3 is 61.9 Å². The van der Waals surface area contributed by atoms with Crippen LogP contribution >= 0.6 is 0 Å². The third-order valence-electron chi connectivity index (χ3n) is 5.90. The van der Waals surface area contributed by atoms with Crippen molar-refractivity contribution in [3.8, 4) is 0 Å². The van der Waals surface area contributed by atoms with Crippen LogP contribution in [0.1, 0.15) is 39.0 Å². The summed E-state index contributed by atoms with van der Waals surface area (Å²) in [6.45, 7) is 12.8. The molecule has 48 heavy (non-hydrogen) atoms. The fourth-order valence-electron chi connectivity index (χ4n) is 3.36. The average molecular weight is 701 g/mol. The van der Waals surface area contributed by atoms with E-state index in [1.807, 2.05) is 0 Å². The normalized spacial score (nSPS) is 11.3. The Bertz CT molecular complexity index is 712. The van der Waals surface area contributed by atoms with Crippen LogP contribution in [0.5, 0.6) is 0 Å². The maximum Gasteiger partial charge on any atom is 0.372 e. The number of unbranched alkanes of at least 4 members (excludes halogenated alkanes) is 2. The Kier molecular flexibility index (Phi) is 38.1. The molecule has 0 saturated carbocycles. The molecule has 0 aromatic carbocycles. The van der Waals surface area contributed by atoms with E-state index in [4.69, 9.17) is 61.9 Å². The molecular formula is C32H60O16. The molecule has 284 valence electrons. The second kappa shape index (κ2) is 39.6. The first kappa shape index (κ1) is 46.2. The number of ketones is 1. The van der Waals surface area contributed by atoms with Gasteiger partial charge in [0.2, 0.25) is 5.78 Å². The van der Waals surface area contributed by atoms with Crippen molar-refractivity contribution in [3.63, 3.8) is 0 Å². The highest BCUT2D eigenvalue weighted by molar-refractivity contribution is 6.32. The van der Waals surface area contributed by atoms with Crippen molar-refractivity contribution >= 4 is 17.7 Å². The number of aliphatic carboxylic acids is 1. The van der Waals surface area contributed by atoms with Crippen LogP contribution in [-0.4, -0.2) is 175 Å². The Morgan fingerprint density at radius 3 is 0.917 bits per heavy atom. The smallest absolute Gasteiger partial charge is 0.372 e. The van der Waals surface area contributed by atoms with Gasteiger partial charge in [-0.25, -0.2) is 4.79 Å². The second-order valence-electron chi connectivity index (χ2n) is 9.89. The maximum absolute atomic E-state index is 11.4. The highest BCUT2D eigenvalue weighted by atomic mass is 16.6. The maximum atomic E-state index is 11.4. The summed E-state index contributed by atoms with van der Waals surface area (Å²) in [5.41, 5.74) is 0. The van der Waals surface area contributed by atoms with Crippen molar-refractivity contribution in [1.29, 1.82) is 0 Å². The Labute approximate surface area is 285 Å². The van der Waals surface area contributed by atoms with E-state index in [9.17, 15) is 14.4 Å². The molecule has 0 heterocycles. The molecule has 0 bridgehead atoms. The van der Waals surface area contributed by atoms with Crippen LogP contribution in [0.25, 0.3) is 0 Å². The summed E-state index contributed by atoms with van der Waals surface area (Å²) in [5, 5.41) is 8.44. The fraction of sp³-hybridized carbons (Fsp3) is 0.906. The molecular weight excluding hydrogens is 640 g/mol. The number of Topliss-reactive ketones (excluding diaryl/α,β-unsaturated/α-hetero) is 1. The number of carboxylic acid groups (broad SMARTS) is 1. The predicted octanol–water partition coefficient (Wildman–Crippen LogP) is 1.34. The lowest BCUT2D eigenvalue weighted by Gasteiger charge is -2.09. The molecule has 16 nitrogen and oxygen atoms in total. The van der Waals surface area contributed by atoms with Crippen molar-refractivity contribution in [1.82, 2.24) is 0 Å². The Morgan fingerprint density at radius 1 is 0.375 bits per heavy atom. The van der Waals surface area contributed by atoms with Crippen LogP contribution in [-0.2, 0) is 71.2 Å². The standard InChI is InChI=1S/C32H60O16/c1-2-3-4-7-37-8-9-38-10-11-39-12-13-40-14-15-41-16-17-42-18-19-43-20-21-44-22-23-45-24-25-46-26-27-47-28-29-48-31(34)6-5-30(33)32(35)36/h2-29H2,1H3,(H,35,36). The summed E-state index contributed by atoms with van der Waals surface area (Å²) in [6.07, 6.45) is 2.85. The van der Waals surface area contributed by atoms with Crippen molar-refractivity contribution in [2.24, 2.45) is 0 Å². The van der Waals surface area contributed by atoms with Crippen molar-refractivity contribution in [2.75, 3.05) is 152 Å². The summed E-state index contributed by atoms with van der Waals surface area (Å²) in [5.74, 6) is -3.24. The number of rotatable bonds is 41. The molecule has 0 amide bonds. The zero-order chi connectivity index (χ0) is 35.0. The average Bonchev–Trinajstić information content (AvgIpc) is 3.08. The van der Waals surface area contributed by atoms with E-state index in [1.165, 1.54) is 12.8 Å². The zero-order valence-electron chi connectivity index (χ0n) is 28.9. The number of esters is 1. The minimum absolute atomic E-state index is 0.0146. The van der Waals surface area contributed by atoms with E-state index >= 15 is 0 Å². The first-order chi connectivity index (χ1) is 23.6.